The van der Waals surface area contributed by atoms with Gasteiger partial charge in [-0.1, -0.05) is 30.3 Å². The molecule has 3 nitrogen and oxygen atoms in total. The van der Waals surface area contributed by atoms with E-state index in [1.165, 1.54) is 30.3 Å². The summed E-state index contributed by atoms with van der Waals surface area (Å²) in [6.45, 7) is 4.89. The first-order valence-electron chi connectivity index (χ1n) is 7.73. The van der Waals surface area contributed by atoms with E-state index in [1.54, 1.807) is 39.0 Å². The predicted molar refractivity (Wildman–Crippen MR) is 88.4 cm³/mol. The normalized spacial score (nSPS) is 14.1. The van der Waals surface area contributed by atoms with E-state index in [0.29, 0.717) is 5.56 Å². The lowest BCUT2D eigenvalue weighted by Crippen LogP contribution is -2.46. The number of hydrogen-bond donors (Lipinski definition) is 2. The van der Waals surface area contributed by atoms with Gasteiger partial charge < -0.3 is 10.4 Å². The molecule has 0 aliphatic heterocycles. The molecule has 0 spiro atoms. The lowest BCUT2D eigenvalue weighted by Gasteiger charge is -2.28. The summed E-state index contributed by atoms with van der Waals surface area (Å²) in [5.41, 5.74) is -0.318. The fraction of sp³-hybridized carbons (Fsp3) is 0.316. The van der Waals surface area contributed by atoms with Gasteiger partial charge in [-0.2, -0.15) is 0 Å². The van der Waals surface area contributed by atoms with Crippen molar-refractivity contribution in [1.82, 2.24) is 5.32 Å². The van der Waals surface area contributed by atoms with Gasteiger partial charge in [0.15, 0.2) is 0 Å². The average molecular weight is 333 g/mol. The highest BCUT2D eigenvalue weighted by Crippen LogP contribution is 2.27. The van der Waals surface area contributed by atoms with Crippen LogP contribution in [0.15, 0.2) is 48.5 Å². The van der Waals surface area contributed by atoms with Crippen LogP contribution in [0.3, 0.4) is 0 Å². The highest BCUT2D eigenvalue weighted by molar-refractivity contribution is 5.87. The van der Waals surface area contributed by atoms with E-state index in [0.717, 1.165) is 0 Å². The predicted octanol–water partition coefficient (Wildman–Crippen LogP) is 3.48. The molecular formula is C19H21F2NO2. The molecule has 2 aromatic rings. The minimum Gasteiger partial charge on any atom is -0.386 e. The fourth-order valence-corrected chi connectivity index (χ4v) is 2.51. The van der Waals surface area contributed by atoms with E-state index in [1.807, 2.05) is 0 Å². The second kappa shape index (κ2) is 7.09. The first-order chi connectivity index (χ1) is 11.2. The third-order valence-corrected chi connectivity index (χ3v) is 4.16. The summed E-state index contributed by atoms with van der Waals surface area (Å²) < 4.78 is 26.9. The van der Waals surface area contributed by atoms with E-state index in [2.05, 4.69) is 5.32 Å². The molecule has 0 heterocycles. The summed E-state index contributed by atoms with van der Waals surface area (Å²) in [6, 6.07) is 10.9. The molecule has 0 fully saturated rings. The van der Waals surface area contributed by atoms with Gasteiger partial charge >= 0.3 is 0 Å². The SMILES string of the molecule is CC(NC(=O)C(C)(C)c1ccccc1F)C(O)c1ccc(F)cc1. The van der Waals surface area contributed by atoms with Crippen molar-refractivity contribution in [2.45, 2.75) is 38.3 Å². The van der Waals surface area contributed by atoms with Crippen LogP contribution in [0.2, 0.25) is 0 Å². The Hall–Kier alpha value is -2.27. The van der Waals surface area contributed by atoms with Crippen molar-refractivity contribution in [3.63, 3.8) is 0 Å². The van der Waals surface area contributed by atoms with E-state index >= 15 is 0 Å². The zero-order valence-electron chi connectivity index (χ0n) is 13.9. The first-order valence-corrected chi connectivity index (χ1v) is 7.73. The first kappa shape index (κ1) is 18.1. The van der Waals surface area contributed by atoms with Gasteiger partial charge in [0.1, 0.15) is 11.6 Å². The van der Waals surface area contributed by atoms with Crippen molar-refractivity contribution < 1.29 is 18.7 Å². The maximum atomic E-state index is 14.0. The molecule has 0 radical (unpaired) electrons. The molecule has 5 heteroatoms. The Morgan fingerprint density at radius 1 is 1.08 bits per heavy atom. The van der Waals surface area contributed by atoms with E-state index in [9.17, 15) is 18.7 Å². The number of nitrogens with one attached hydrogen (secondary N) is 1. The van der Waals surface area contributed by atoms with Gasteiger partial charge in [-0.15, -0.1) is 0 Å². The molecule has 0 bridgehead atoms. The second-order valence-electron chi connectivity index (χ2n) is 6.36. The second-order valence-corrected chi connectivity index (χ2v) is 6.36. The molecule has 1 amide bonds. The Bertz CT molecular complexity index is 714. The van der Waals surface area contributed by atoms with Crippen molar-refractivity contribution >= 4 is 5.91 Å². The van der Waals surface area contributed by atoms with E-state index < -0.39 is 35.1 Å². The molecule has 0 aromatic heterocycles. The number of aliphatic hydroxyl groups excluding tert-OH is 1. The summed E-state index contributed by atoms with van der Waals surface area (Å²) in [7, 11) is 0. The standard InChI is InChI=1S/C19H21F2NO2/c1-12(17(23)13-8-10-14(20)11-9-13)22-18(24)19(2,3)15-6-4-5-7-16(15)21/h4-12,17,23H,1-3H3,(H,22,24). The lowest BCUT2D eigenvalue weighted by molar-refractivity contribution is -0.127. The Kier molecular flexibility index (Phi) is 5.34. The van der Waals surface area contributed by atoms with Gasteiger partial charge in [0.25, 0.3) is 0 Å². The number of benzene rings is 2. The Morgan fingerprint density at radius 2 is 1.67 bits per heavy atom. The van der Waals surface area contributed by atoms with Crippen molar-refractivity contribution in [2.24, 2.45) is 0 Å². The third-order valence-electron chi connectivity index (χ3n) is 4.16. The monoisotopic (exact) mass is 333 g/mol. The minimum absolute atomic E-state index is 0.283. The fourth-order valence-electron chi connectivity index (χ4n) is 2.51. The molecular weight excluding hydrogens is 312 g/mol. The van der Waals surface area contributed by atoms with Gasteiger partial charge in [0, 0.05) is 5.56 Å². The molecule has 0 aliphatic carbocycles. The number of amides is 1. The number of hydrogen-bond acceptors (Lipinski definition) is 2. The van der Waals surface area contributed by atoms with Crippen LogP contribution in [-0.4, -0.2) is 17.1 Å². The topological polar surface area (TPSA) is 49.3 Å². The molecule has 0 saturated carbocycles. The summed E-state index contributed by atoms with van der Waals surface area (Å²) in [5.74, 6) is -1.26. The molecule has 0 saturated heterocycles. The average Bonchev–Trinajstić information content (AvgIpc) is 2.55. The van der Waals surface area contributed by atoms with Gasteiger partial charge in [-0.25, -0.2) is 8.78 Å². The molecule has 2 atom stereocenters. The number of rotatable bonds is 5. The van der Waals surface area contributed by atoms with Crippen molar-refractivity contribution in [2.75, 3.05) is 0 Å². The van der Waals surface area contributed by atoms with Crippen LogP contribution in [0.5, 0.6) is 0 Å². The largest absolute Gasteiger partial charge is 0.386 e. The molecule has 2 aromatic carbocycles. The summed E-state index contributed by atoms with van der Waals surface area (Å²) in [5, 5.41) is 13.0. The number of aliphatic hydroxyl groups is 1. The quantitative estimate of drug-likeness (QED) is 0.880. The third kappa shape index (κ3) is 3.79. The Labute approximate surface area is 140 Å². The zero-order chi connectivity index (χ0) is 17.9. The van der Waals surface area contributed by atoms with Crippen LogP contribution >= 0.6 is 0 Å². The van der Waals surface area contributed by atoms with Crippen LogP contribution in [-0.2, 0) is 10.2 Å². The minimum atomic E-state index is -1.10. The van der Waals surface area contributed by atoms with Gasteiger partial charge in [-0.05, 0) is 44.5 Å². The maximum absolute atomic E-state index is 14.0. The summed E-state index contributed by atoms with van der Waals surface area (Å²) >= 11 is 0. The van der Waals surface area contributed by atoms with Gasteiger partial charge in [-0.3, -0.25) is 4.79 Å². The van der Waals surface area contributed by atoms with Crippen molar-refractivity contribution in [3.05, 3.63) is 71.3 Å². The maximum Gasteiger partial charge on any atom is 0.230 e. The van der Waals surface area contributed by atoms with Crippen molar-refractivity contribution in [3.8, 4) is 0 Å². The summed E-state index contributed by atoms with van der Waals surface area (Å²) in [6.07, 6.45) is -0.994. The van der Waals surface area contributed by atoms with Crippen molar-refractivity contribution in [1.29, 1.82) is 0 Å². The molecule has 24 heavy (non-hydrogen) atoms. The molecule has 2 unspecified atom stereocenters. The smallest absolute Gasteiger partial charge is 0.230 e. The molecule has 2 N–H and O–H groups in total. The molecule has 2 rings (SSSR count). The lowest BCUT2D eigenvalue weighted by atomic mass is 9.83. The highest BCUT2D eigenvalue weighted by atomic mass is 19.1. The Balaban J connectivity index is 2.13. The van der Waals surface area contributed by atoms with Gasteiger partial charge in [0.2, 0.25) is 5.91 Å². The van der Waals surface area contributed by atoms with Crippen LogP contribution in [0.1, 0.15) is 38.0 Å². The summed E-state index contributed by atoms with van der Waals surface area (Å²) in [4.78, 5) is 12.6. The van der Waals surface area contributed by atoms with Gasteiger partial charge in [0.05, 0.1) is 17.6 Å². The number of carbonyl (C=O) groups is 1. The highest BCUT2D eigenvalue weighted by Gasteiger charge is 2.34. The molecule has 0 aliphatic rings. The van der Waals surface area contributed by atoms with E-state index in [4.69, 9.17) is 0 Å². The van der Waals surface area contributed by atoms with Crippen LogP contribution in [0.25, 0.3) is 0 Å². The number of carbonyl (C=O) groups excluding carboxylic acids is 1. The van der Waals surface area contributed by atoms with Crippen LogP contribution in [0, 0.1) is 11.6 Å². The van der Waals surface area contributed by atoms with E-state index in [-0.39, 0.29) is 5.56 Å². The zero-order valence-corrected chi connectivity index (χ0v) is 13.9. The Morgan fingerprint density at radius 3 is 2.25 bits per heavy atom. The van der Waals surface area contributed by atoms with Crippen LogP contribution < -0.4 is 5.32 Å². The molecule has 128 valence electrons. The van der Waals surface area contributed by atoms with Crippen LogP contribution in [0.4, 0.5) is 8.78 Å². The number of halogens is 2.